The van der Waals surface area contributed by atoms with E-state index in [-0.39, 0.29) is 0 Å². The highest BCUT2D eigenvalue weighted by molar-refractivity contribution is 6.71. The lowest BCUT2D eigenvalue weighted by molar-refractivity contribution is 0.275. The molecule has 1 fully saturated rings. The van der Waals surface area contributed by atoms with Crippen LogP contribution in [0.4, 0.5) is 0 Å². The van der Waals surface area contributed by atoms with Crippen LogP contribution in [-0.2, 0) is 9.22 Å². The van der Waals surface area contributed by atoms with Gasteiger partial charge in [0.15, 0.2) is 8.32 Å². The molecule has 1 aliphatic rings. The second kappa shape index (κ2) is 5.24. The van der Waals surface area contributed by atoms with Crippen LogP contribution in [0.2, 0.25) is 19.1 Å². The summed E-state index contributed by atoms with van der Waals surface area (Å²) >= 11 is 0. The van der Waals surface area contributed by atoms with E-state index in [0.717, 1.165) is 12.7 Å². The number of rotatable bonds is 0. The van der Waals surface area contributed by atoms with Crippen molar-refractivity contribution >= 4 is 14.4 Å². The van der Waals surface area contributed by atoms with Gasteiger partial charge in [0.2, 0.25) is 6.08 Å². The van der Waals surface area contributed by atoms with Gasteiger partial charge in [-0.15, -0.1) is 0 Å². The molecule has 0 saturated carbocycles. The maximum Gasteiger partial charge on any atom is 0.231 e. The fraction of sp³-hybridized carbons (Fsp3) is 0.857. The van der Waals surface area contributed by atoms with E-state index < -0.39 is 8.32 Å². The van der Waals surface area contributed by atoms with E-state index in [1.807, 2.05) is 0 Å². The first kappa shape index (κ1) is 10.6. The molecule has 1 heterocycles. The normalized spacial score (nSPS) is 20.9. The van der Waals surface area contributed by atoms with Crippen molar-refractivity contribution in [1.29, 1.82) is 5.41 Å². The van der Waals surface area contributed by atoms with Crippen molar-refractivity contribution in [3.63, 3.8) is 0 Å². The molecular weight excluding hydrogens is 158 g/mol. The van der Waals surface area contributed by atoms with Crippen molar-refractivity contribution in [3.05, 3.63) is 0 Å². The summed E-state index contributed by atoms with van der Waals surface area (Å²) in [4.78, 5) is 8.35. The fourth-order valence-corrected chi connectivity index (χ4v) is 3.02. The van der Waals surface area contributed by atoms with Crippen LogP contribution < -0.4 is 0 Å². The topological polar surface area (TPSA) is 50.1 Å². The molecule has 0 aliphatic carbocycles. The molecule has 3 nitrogen and oxygen atoms in total. The highest BCUT2D eigenvalue weighted by Crippen LogP contribution is 2.20. The van der Waals surface area contributed by atoms with Gasteiger partial charge in [0, 0.05) is 6.61 Å². The third-order valence-electron chi connectivity index (χ3n) is 1.67. The van der Waals surface area contributed by atoms with Crippen LogP contribution in [0.3, 0.4) is 0 Å². The van der Waals surface area contributed by atoms with Crippen molar-refractivity contribution in [1.82, 2.24) is 0 Å². The van der Waals surface area contributed by atoms with Crippen molar-refractivity contribution in [3.8, 4) is 0 Å². The van der Waals surface area contributed by atoms with E-state index in [4.69, 9.17) is 14.6 Å². The first-order valence-corrected chi connectivity index (χ1v) is 6.92. The van der Waals surface area contributed by atoms with Crippen LogP contribution in [0.1, 0.15) is 12.8 Å². The average Bonchev–Trinajstić information content (AvgIpc) is 1.88. The molecule has 1 saturated heterocycles. The lowest BCUT2D eigenvalue weighted by atomic mass is 10.4. The van der Waals surface area contributed by atoms with Gasteiger partial charge in [-0.25, -0.2) is 10.2 Å². The Morgan fingerprint density at radius 1 is 1.45 bits per heavy atom. The summed E-state index contributed by atoms with van der Waals surface area (Å²) < 4.78 is 5.60. The molecule has 0 spiro atoms. The third kappa shape index (κ3) is 5.98. The Morgan fingerprint density at radius 2 is 2.00 bits per heavy atom. The highest BCUT2D eigenvalue weighted by atomic mass is 28.4. The minimum Gasteiger partial charge on any atom is -0.417 e. The predicted octanol–water partition coefficient (Wildman–Crippen LogP) is 1.90. The van der Waals surface area contributed by atoms with E-state index >= 15 is 0 Å². The van der Waals surface area contributed by atoms with Crippen molar-refractivity contribution < 1.29 is 9.22 Å². The molecule has 0 unspecified atom stereocenters. The minimum absolute atomic E-state index is 0.750. The summed E-state index contributed by atoms with van der Waals surface area (Å²) in [5, 5.41) is 5.40. The number of hydrogen-bond acceptors (Lipinski definition) is 3. The van der Waals surface area contributed by atoms with Crippen LogP contribution >= 0.6 is 0 Å². The SMILES string of the molecule is C[Si]1(C)CCCCO1.N=C=O. The van der Waals surface area contributed by atoms with Gasteiger partial charge >= 0.3 is 0 Å². The second-order valence-electron chi connectivity index (χ2n) is 3.17. The van der Waals surface area contributed by atoms with Gasteiger partial charge in [-0.2, -0.15) is 0 Å². The Hall–Kier alpha value is -0.443. The largest absolute Gasteiger partial charge is 0.417 e. The molecule has 4 heteroatoms. The van der Waals surface area contributed by atoms with Gasteiger partial charge < -0.3 is 4.43 Å². The Morgan fingerprint density at radius 3 is 2.18 bits per heavy atom. The first-order valence-electron chi connectivity index (χ1n) is 3.80. The molecular formula is C7H15NO2Si. The average molecular weight is 173 g/mol. The Balaban J connectivity index is 0.000000292. The lowest BCUT2D eigenvalue weighted by Crippen LogP contribution is -2.33. The van der Waals surface area contributed by atoms with Gasteiger partial charge in [0.1, 0.15) is 0 Å². The molecule has 64 valence electrons. The van der Waals surface area contributed by atoms with Gasteiger partial charge in [-0.05, 0) is 25.6 Å². The standard InChI is InChI=1S/C6H14OSi.CHNO/c1-8(2)6-4-3-5-7-8;2-1-3/h3-6H2,1-2H3;2H. The van der Waals surface area contributed by atoms with Crippen molar-refractivity contribution in [2.24, 2.45) is 0 Å². The van der Waals surface area contributed by atoms with E-state index in [2.05, 4.69) is 13.1 Å². The first-order chi connectivity index (χ1) is 5.12. The molecule has 0 aromatic carbocycles. The summed E-state index contributed by atoms with van der Waals surface area (Å²) in [5.41, 5.74) is 0. The molecule has 1 rings (SSSR count). The molecule has 11 heavy (non-hydrogen) atoms. The molecule has 0 bridgehead atoms. The minimum atomic E-state index is -1.09. The van der Waals surface area contributed by atoms with E-state index in [1.165, 1.54) is 18.9 Å². The predicted molar refractivity (Wildman–Crippen MR) is 45.9 cm³/mol. The summed E-state index contributed by atoms with van der Waals surface area (Å²) in [6, 6.07) is 1.37. The zero-order valence-electron chi connectivity index (χ0n) is 7.14. The van der Waals surface area contributed by atoms with E-state index in [9.17, 15) is 0 Å². The van der Waals surface area contributed by atoms with Gasteiger partial charge in [0.05, 0.1) is 0 Å². The Labute approximate surface area is 68.4 Å². The van der Waals surface area contributed by atoms with Crippen molar-refractivity contribution in [2.75, 3.05) is 6.61 Å². The van der Waals surface area contributed by atoms with Crippen LogP contribution in [0.15, 0.2) is 0 Å². The molecule has 0 atom stereocenters. The number of hydrogen-bond donors (Lipinski definition) is 1. The van der Waals surface area contributed by atoms with Crippen molar-refractivity contribution in [2.45, 2.75) is 32.0 Å². The molecule has 1 N–H and O–H groups in total. The molecule has 0 aromatic rings. The van der Waals surface area contributed by atoms with Crippen LogP contribution in [-0.4, -0.2) is 21.0 Å². The summed E-state index contributed by atoms with van der Waals surface area (Å²) in [6.45, 7) is 5.62. The fourth-order valence-electron chi connectivity index (χ4n) is 1.07. The number of carbonyl (C=O) groups excluding carboxylic acids is 1. The van der Waals surface area contributed by atoms with E-state index in [0.29, 0.717) is 0 Å². The lowest BCUT2D eigenvalue weighted by Gasteiger charge is -2.27. The molecule has 0 aromatic heterocycles. The maximum atomic E-state index is 8.35. The number of isocyanates is 1. The smallest absolute Gasteiger partial charge is 0.231 e. The third-order valence-corrected chi connectivity index (χ3v) is 4.21. The monoisotopic (exact) mass is 173 g/mol. The summed E-state index contributed by atoms with van der Waals surface area (Å²) in [5.74, 6) is 0. The quantitative estimate of drug-likeness (QED) is 0.345. The maximum absolute atomic E-state index is 8.35. The summed E-state index contributed by atoms with van der Waals surface area (Å²) in [7, 11) is -1.09. The molecule has 0 radical (unpaired) electrons. The molecule has 1 aliphatic heterocycles. The van der Waals surface area contributed by atoms with E-state index in [1.54, 1.807) is 0 Å². The van der Waals surface area contributed by atoms with Crippen LogP contribution in [0.25, 0.3) is 0 Å². The second-order valence-corrected chi connectivity index (χ2v) is 7.48. The van der Waals surface area contributed by atoms with Crippen LogP contribution in [0.5, 0.6) is 0 Å². The van der Waals surface area contributed by atoms with Crippen LogP contribution in [0, 0.1) is 5.41 Å². The summed E-state index contributed by atoms with van der Waals surface area (Å²) in [6.07, 6.45) is 3.44. The number of nitrogens with one attached hydrogen (secondary N) is 1. The Bertz CT molecular complexity index is 133. The highest BCUT2D eigenvalue weighted by Gasteiger charge is 2.24. The van der Waals surface area contributed by atoms with Gasteiger partial charge in [-0.1, -0.05) is 6.42 Å². The zero-order chi connectivity index (χ0) is 8.74. The zero-order valence-corrected chi connectivity index (χ0v) is 8.14. The van der Waals surface area contributed by atoms with Gasteiger partial charge in [-0.3, -0.25) is 0 Å². The molecule has 0 amide bonds. The van der Waals surface area contributed by atoms with Gasteiger partial charge in [0.25, 0.3) is 0 Å². The Kier molecular flexibility index (Phi) is 5.03.